The van der Waals surface area contributed by atoms with Gasteiger partial charge in [0.25, 0.3) is 5.91 Å². The third-order valence-electron chi connectivity index (χ3n) is 5.04. The highest BCUT2D eigenvalue weighted by Crippen LogP contribution is 2.27. The van der Waals surface area contributed by atoms with Crippen LogP contribution in [0.5, 0.6) is 0 Å². The highest BCUT2D eigenvalue weighted by Gasteiger charge is 2.24. The average Bonchev–Trinajstić information content (AvgIpc) is 3.33. The highest BCUT2D eigenvalue weighted by molar-refractivity contribution is 6.30. The van der Waals surface area contributed by atoms with Crippen LogP contribution in [0.2, 0.25) is 5.15 Å². The molecule has 2 aromatic rings. The van der Waals surface area contributed by atoms with Crippen molar-refractivity contribution in [3.8, 4) is 0 Å². The standard InChI is InChI=1S/C20H20ClFN4O2/c21-17-10-13(11-18(24-17)25-7-1-2-8-25)20(28)23-14-5-6-16(15(22)12-14)26-9-3-4-19(26)27/h5-6,10-12H,1-4,7-9H2,(H,23,28). The number of nitrogens with zero attached hydrogens (tertiary/aromatic N) is 3. The molecule has 3 heterocycles. The molecular formula is C20H20ClFN4O2. The summed E-state index contributed by atoms with van der Waals surface area (Å²) in [5.41, 5.74) is 0.915. The lowest BCUT2D eigenvalue weighted by Crippen LogP contribution is -2.24. The van der Waals surface area contributed by atoms with Gasteiger partial charge in [-0.1, -0.05) is 11.6 Å². The molecule has 0 saturated carbocycles. The summed E-state index contributed by atoms with van der Waals surface area (Å²) < 4.78 is 14.5. The smallest absolute Gasteiger partial charge is 0.255 e. The van der Waals surface area contributed by atoms with Gasteiger partial charge in [-0.05, 0) is 49.6 Å². The van der Waals surface area contributed by atoms with E-state index >= 15 is 0 Å². The summed E-state index contributed by atoms with van der Waals surface area (Å²) in [5.74, 6) is -0.353. The zero-order chi connectivity index (χ0) is 19.7. The van der Waals surface area contributed by atoms with Gasteiger partial charge in [-0.2, -0.15) is 0 Å². The largest absolute Gasteiger partial charge is 0.357 e. The maximum Gasteiger partial charge on any atom is 0.255 e. The zero-order valence-electron chi connectivity index (χ0n) is 15.3. The second-order valence-corrected chi connectivity index (χ2v) is 7.39. The molecule has 1 N–H and O–H groups in total. The normalized spacial score (nSPS) is 16.7. The number of aromatic nitrogens is 1. The first-order valence-electron chi connectivity index (χ1n) is 9.35. The Kier molecular flexibility index (Phi) is 5.17. The van der Waals surface area contributed by atoms with Crippen LogP contribution in [0, 0.1) is 5.82 Å². The van der Waals surface area contributed by atoms with Gasteiger partial charge in [0.15, 0.2) is 0 Å². The minimum Gasteiger partial charge on any atom is -0.357 e. The van der Waals surface area contributed by atoms with Gasteiger partial charge in [0.2, 0.25) is 5.91 Å². The second kappa shape index (κ2) is 7.75. The molecule has 0 atom stereocenters. The molecule has 2 fully saturated rings. The van der Waals surface area contributed by atoms with Crippen LogP contribution in [0.15, 0.2) is 30.3 Å². The molecule has 0 spiro atoms. The summed E-state index contributed by atoms with van der Waals surface area (Å²) in [4.78, 5) is 32.3. The van der Waals surface area contributed by atoms with E-state index in [4.69, 9.17) is 11.6 Å². The zero-order valence-corrected chi connectivity index (χ0v) is 16.0. The van der Waals surface area contributed by atoms with Gasteiger partial charge in [-0.25, -0.2) is 9.37 Å². The van der Waals surface area contributed by atoms with E-state index in [0.29, 0.717) is 30.0 Å². The summed E-state index contributed by atoms with van der Waals surface area (Å²) in [6, 6.07) is 7.52. The summed E-state index contributed by atoms with van der Waals surface area (Å²) in [6.45, 7) is 2.28. The molecule has 28 heavy (non-hydrogen) atoms. The number of carbonyl (C=O) groups is 2. The van der Waals surface area contributed by atoms with Crippen molar-refractivity contribution in [2.45, 2.75) is 25.7 Å². The van der Waals surface area contributed by atoms with E-state index in [9.17, 15) is 14.0 Å². The number of amides is 2. The van der Waals surface area contributed by atoms with Crippen LogP contribution in [-0.4, -0.2) is 36.4 Å². The molecular weight excluding hydrogens is 383 g/mol. The molecule has 0 unspecified atom stereocenters. The van der Waals surface area contributed by atoms with E-state index in [1.54, 1.807) is 12.1 Å². The number of carbonyl (C=O) groups excluding carboxylic acids is 2. The Morgan fingerprint density at radius 2 is 1.89 bits per heavy atom. The Bertz CT molecular complexity index is 930. The lowest BCUT2D eigenvalue weighted by atomic mass is 10.2. The lowest BCUT2D eigenvalue weighted by Gasteiger charge is -2.18. The summed E-state index contributed by atoms with van der Waals surface area (Å²) in [5, 5.41) is 2.93. The van der Waals surface area contributed by atoms with E-state index in [2.05, 4.69) is 15.2 Å². The van der Waals surface area contributed by atoms with Crippen molar-refractivity contribution in [2.24, 2.45) is 0 Å². The van der Waals surface area contributed by atoms with Gasteiger partial charge in [-0.3, -0.25) is 9.59 Å². The maximum absolute atomic E-state index is 14.5. The van der Waals surface area contributed by atoms with Gasteiger partial charge in [0.1, 0.15) is 16.8 Å². The number of hydrogen-bond acceptors (Lipinski definition) is 4. The number of benzene rings is 1. The number of anilines is 3. The second-order valence-electron chi connectivity index (χ2n) is 7.00. The predicted molar refractivity (Wildman–Crippen MR) is 107 cm³/mol. The predicted octanol–water partition coefficient (Wildman–Crippen LogP) is 3.85. The first-order chi connectivity index (χ1) is 13.5. The number of rotatable bonds is 4. The van der Waals surface area contributed by atoms with Crippen LogP contribution < -0.4 is 15.1 Å². The van der Waals surface area contributed by atoms with Crippen LogP contribution in [0.1, 0.15) is 36.0 Å². The SMILES string of the molecule is O=C(Nc1ccc(N2CCCC2=O)c(F)c1)c1cc(Cl)nc(N2CCCC2)c1. The fourth-order valence-electron chi connectivity index (χ4n) is 3.63. The van der Waals surface area contributed by atoms with Crippen molar-refractivity contribution in [3.05, 3.63) is 46.9 Å². The van der Waals surface area contributed by atoms with Gasteiger partial charge in [0.05, 0.1) is 5.69 Å². The lowest BCUT2D eigenvalue weighted by molar-refractivity contribution is -0.117. The van der Waals surface area contributed by atoms with Crippen LogP contribution >= 0.6 is 11.6 Å². The van der Waals surface area contributed by atoms with Gasteiger partial charge < -0.3 is 15.1 Å². The number of nitrogens with one attached hydrogen (secondary N) is 1. The molecule has 2 saturated heterocycles. The van der Waals surface area contributed by atoms with Crippen molar-refractivity contribution < 1.29 is 14.0 Å². The van der Waals surface area contributed by atoms with Gasteiger partial charge in [-0.15, -0.1) is 0 Å². The van der Waals surface area contributed by atoms with Crippen molar-refractivity contribution in [2.75, 3.05) is 34.8 Å². The molecule has 6 nitrogen and oxygen atoms in total. The van der Waals surface area contributed by atoms with E-state index in [-0.39, 0.29) is 16.7 Å². The minimum atomic E-state index is -0.543. The minimum absolute atomic E-state index is 0.0865. The van der Waals surface area contributed by atoms with Gasteiger partial charge >= 0.3 is 0 Å². The van der Waals surface area contributed by atoms with E-state index in [0.717, 1.165) is 32.4 Å². The molecule has 146 valence electrons. The Labute approximate surface area is 167 Å². The molecule has 0 aliphatic carbocycles. The molecule has 8 heteroatoms. The fraction of sp³-hybridized carbons (Fsp3) is 0.350. The molecule has 2 aliphatic heterocycles. The summed E-state index contributed by atoms with van der Waals surface area (Å²) >= 11 is 6.09. The van der Waals surface area contributed by atoms with Gasteiger partial charge in [0, 0.05) is 37.3 Å². The molecule has 2 amide bonds. The van der Waals surface area contributed by atoms with E-state index in [1.165, 1.54) is 23.1 Å². The highest BCUT2D eigenvalue weighted by atomic mass is 35.5. The van der Waals surface area contributed by atoms with Crippen molar-refractivity contribution >= 4 is 40.6 Å². The molecule has 0 radical (unpaired) electrons. The van der Waals surface area contributed by atoms with Crippen LogP contribution in [-0.2, 0) is 4.79 Å². The van der Waals surface area contributed by atoms with E-state index in [1.807, 2.05) is 0 Å². The first-order valence-corrected chi connectivity index (χ1v) is 9.73. The van der Waals surface area contributed by atoms with E-state index < -0.39 is 11.7 Å². The molecule has 2 aliphatic rings. The monoisotopic (exact) mass is 402 g/mol. The average molecular weight is 403 g/mol. The van der Waals surface area contributed by atoms with Crippen molar-refractivity contribution in [3.63, 3.8) is 0 Å². The summed E-state index contributed by atoms with van der Waals surface area (Å²) in [7, 11) is 0. The number of hydrogen-bond donors (Lipinski definition) is 1. The Hall–Kier alpha value is -2.67. The number of halogens is 2. The molecule has 0 bridgehead atoms. The molecule has 1 aromatic heterocycles. The summed E-state index contributed by atoms with van der Waals surface area (Å²) in [6.07, 6.45) is 3.32. The van der Waals surface area contributed by atoms with Crippen molar-refractivity contribution in [1.82, 2.24) is 4.98 Å². The third-order valence-corrected chi connectivity index (χ3v) is 5.24. The quantitative estimate of drug-likeness (QED) is 0.789. The van der Waals surface area contributed by atoms with Crippen LogP contribution in [0.3, 0.4) is 0 Å². The fourth-order valence-corrected chi connectivity index (χ4v) is 3.84. The third kappa shape index (κ3) is 3.80. The van der Waals surface area contributed by atoms with Crippen molar-refractivity contribution in [1.29, 1.82) is 0 Å². The topological polar surface area (TPSA) is 65.5 Å². The Morgan fingerprint density at radius 1 is 1.11 bits per heavy atom. The Morgan fingerprint density at radius 3 is 2.57 bits per heavy atom. The van der Waals surface area contributed by atoms with Crippen LogP contribution in [0.4, 0.5) is 21.6 Å². The molecule has 1 aromatic carbocycles. The number of pyridine rings is 1. The first kappa shape index (κ1) is 18.7. The van der Waals surface area contributed by atoms with Crippen LogP contribution in [0.25, 0.3) is 0 Å². The maximum atomic E-state index is 14.5. The Balaban J connectivity index is 1.52. The molecule has 4 rings (SSSR count).